The van der Waals surface area contributed by atoms with Crippen LogP contribution in [0.25, 0.3) is 0 Å². The molecule has 0 aliphatic heterocycles. The lowest BCUT2D eigenvalue weighted by molar-refractivity contribution is 0.0128. The average molecular weight is 318 g/mol. The first-order valence-corrected chi connectivity index (χ1v) is 6.82. The number of anilines is 1. The van der Waals surface area contributed by atoms with Crippen molar-refractivity contribution in [3.05, 3.63) is 28.0 Å². The van der Waals surface area contributed by atoms with E-state index in [0.29, 0.717) is 4.47 Å². The van der Waals surface area contributed by atoms with Crippen molar-refractivity contribution in [3.8, 4) is 0 Å². The smallest absolute Gasteiger partial charge is 0.137 e. The van der Waals surface area contributed by atoms with Gasteiger partial charge in [-0.25, -0.2) is 4.39 Å². The number of rotatable bonds is 5. The minimum atomic E-state index is -0.233. The number of aryl methyl sites for hydroxylation is 1. The predicted octanol–water partition coefficient (Wildman–Crippen LogP) is 4.51. The summed E-state index contributed by atoms with van der Waals surface area (Å²) >= 11 is 3.21. The highest BCUT2D eigenvalue weighted by molar-refractivity contribution is 9.10. The van der Waals surface area contributed by atoms with E-state index in [4.69, 9.17) is 4.74 Å². The number of ether oxygens (including phenoxy) is 1. The molecule has 102 valence electrons. The zero-order chi connectivity index (χ0) is 13.9. The maximum Gasteiger partial charge on any atom is 0.137 e. The number of hydrogen-bond donors (Lipinski definition) is 1. The van der Waals surface area contributed by atoms with E-state index in [1.807, 2.05) is 6.92 Å². The number of methoxy groups -OCH3 is 1. The Balaban J connectivity index is 2.76. The van der Waals surface area contributed by atoms with E-state index >= 15 is 0 Å². The largest absolute Gasteiger partial charge is 0.382 e. The van der Waals surface area contributed by atoms with Crippen LogP contribution in [0, 0.1) is 12.7 Å². The molecular weight excluding hydrogens is 297 g/mol. The average Bonchev–Trinajstić information content (AvgIpc) is 2.25. The van der Waals surface area contributed by atoms with Crippen LogP contribution in [0.15, 0.2) is 16.6 Å². The van der Waals surface area contributed by atoms with Gasteiger partial charge in [-0.05, 0) is 67.7 Å². The highest BCUT2D eigenvalue weighted by Crippen LogP contribution is 2.26. The first-order chi connectivity index (χ1) is 8.25. The van der Waals surface area contributed by atoms with E-state index in [0.717, 1.165) is 17.7 Å². The van der Waals surface area contributed by atoms with Crippen molar-refractivity contribution in [1.82, 2.24) is 0 Å². The van der Waals surface area contributed by atoms with Crippen LogP contribution >= 0.6 is 15.9 Å². The molecule has 1 rings (SSSR count). The van der Waals surface area contributed by atoms with Crippen LogP contribution in [0.2, 0.25) is 0 Å². The molecule has 0 heterocycles. The van der Waals surface area contributed by atoms with Crippen LogP contribution in [0.1, 0.15) is 32.8 Å². The fourth-order valence-electron chi connectivity index (χ4n) is 1.94. The SMILES string of the molecule is COC(C)(C)CC(C)Nc1cc(Br)c(F)cc1C. The lowest BCUT2D eigenvalue weighted by Gasteiger charge is -2.28. The summed E-state index contributed by atoms with van der Waals surface area (Å²) in [6.45, 7) is 8.10. The van der Waals surface area contributed by atoms with Gasteiger partial charge in [0.15, 0.2) is 0 Å². The second-order valence-corrected chi connectivity index (χ2v) is 6.15. The zero-order valence-corrected chi connectivity index (χ0v) is 13.2. The van der Waals surface area contributed by atoms with Crippen molar-refractivity contribution < 1.29 is 9.13 Å². The van der Waals surface area contributed by atoms with Gasteiger partial charge in [0.05, 0.1) is 10.1 Å². The summed E-state index contributed by atoms with van der Waals surface area (Å²) in [7, 11) is 1.71. The summed E-state index contributed by atoms with van der Waals surface area (Å²) in [4.78, 5) is 0. The van der Waals surface area contributed by atoms with Crippen LogP contribution < -0.4 is 5.32 Å². The second-order valence-electron chi connectivity index (χ2n) is 5.29. The molecule has 1 aromatic carbocycles. The Morgan fingerprint density at radius 2 is 2.06 bits per heavy atom. The van der Waals surface area contributed by atoms with Crippen molar-refractivity contribution in [2.75, 3.05) is 12.4 Å². The standard InChI is InChI=1S/C14H21BrFNO/c1-9-6-12(16)11(15)7-13(9)17-10(2)8-14(3,4)18-5/h6-7,10,17H,8H2,1-5H3. The normalized spacial score (nSPS) is 13.5. The quantitative estimate of drug-likeness (QED) is 0.862. The topological polar surface area (TPSA) is 21.3 Å². The molecule has 0 fully saturated rings. The molecule has 4 heteroatoms. The highest BCUT2D eigenvalue weighted by Gasteiger charge is 2.20. The zero-order valence-electron chi connectivity index (χ0n) is 11.6. The van der Waals surface area contributed by atoms with Crippen molar-refractivity contribution >= 4 is 21.6 Å². The highest BCUT2D eigenvalue weighted by atomic mass is 79.9. The van der Waals surface area contributed by atoms with Gasteiger partial charge in [0.2, 0.25) is 0 Å². The lowest BCUT2D eigenvalue weighted by Crippen LogP contribution is -2.31. The molecule has 0 saturated heterocycles. The van der Waals surface area contributed by atoms with Gasteiger partial charge in [-0.15, -0.1) is 0 Å². The molecule has 0 aliphatic carbocycles. The summed E-state index contributed by atoms with van der Waals surface area (Å²) in [5, 5.41) is 3.39. The summed E-state index contributed by atoms with van der Waals surface area (Å²) < 4.78 is 19.2. The van der Waals surface area contributed by atoms with Crippen LogP contribution in [-0.4, -0.2) is 18.8 Å². The summed E-state index contributed by atoms with van der Waals surface area (Å²) in [6, 6.07) is 3.55. The van der Waals surface area contributed by atoms with E-state index in [1.165, 1.54) is 6.07 Å². The molecular formula is C14H21BrFNO. The Morgan fingerprint density at radius 1 is 1.44 bits per heavy atom. The third kappa shape index (κ3) is 4.25. The van der Waals surface area contributed by atoms with Crippen molar-refractivity contribution in [3.63, 3.8) is 0 Å². The van der Waals surface area contributed by atoms with Crippen LogP contribution in [0.4, 0.5) is 10.1 Å². The molecule has 0 aromatic heterocycles. The van der Waals surface area contributed by atoms with E-state index < -0.39 is 0 Å². The minimum absolute atomic E-state index is 0.169. The van der Waals surface area contributed by atoms with Gasteiger partial charge in [-0.2, -0.15) is 0 Å². The summed E-state index contributed by atoms with van der Waals surface area (Å²) in [5.41, 5.74) is 1.68. The molecule has 0 saturated carbocycles. The van der Waals surface area contributed by atoms with Gasteiger partial charge < -0.3 is 10.1 Å². The molecule has 0 amide bonds. The van der Waals surface area contributed by atoms with Crippen molar-refractivity contribution in [1.29, 1.82) is 0 Å². The van der Waals surface area contributed by atoms with Crippen LogP contribution in [0.3, 0.4) is 0 Å². The minimum Gasteiger partial charge on any atom is -0.382 e. The Bertz CT molecular complexity index is 421. The van der Waals surface area contributed by atoms with Gasteiger partial charge in [0, 0.05) is 18.8 Å². The first-order valence-electron chi connectivity index (χ1n) is 6.02. The molecule has 1 N–H and O–H groups in total. The summed E-state index contributed by atoms with van der Waals surface area (Å²) in [6.07, 6.45) is 0.873. The van der Waals surface area contributed by atoms with E-state index in [-0.39, 0.29) is 17.5 Å². The molecule has 2 nitrogen and oxygen atoms in total. The van der Waals surface area contributed by atoms with E-state index in [2.05, 4.69) is 42.0 Å². The van der Waals surface area contributed by atoms with Gasteiger partial charge >= 0.3 is 0 Å². The molecule has 18 heavy (non-hydrogen) atoms. The fraction of sp³-hybridized carbons (Fsp3) is 0.571. The Kier molecular flexibility index (Phi) is 5.17. The first kappa shape index (κ1) is 15.4. The fourth-order valence-corrected chi connectivity index (χ4v) is 2.28. The third-order valence-electron chi connectivity index (χ3n) is 3.02. The Hall–Kier alpha value is -0.610. The van der Waals surface area contributed by atoms with Gasteiger partial charge in [0.1, 0.15) is 5.82 Å². The van der Waals surface area contributed by atoms with Crippen LogP contribution in [0.5, 0.6) is 0 Å². The van der Waals surface area contributed by atoms with Crippen LogP contribution in [-0.2, 0) is 4.74 Å². The molecule has 1 aromatic rings. The number of nitrogens with one attached hydrogen (secondary N) is 1. The monoisotopic (exact) mass is 317 g/mol. The Labute approximate surface area is 117 Å². The van der Waals surface area contributed by atoms with E-state index in [1.54, 1.807) is 13.2 Å². The molecule has 0 radical (unpaired) electrons. The molecule has 1 unspecified atom stereocenters. The van der Waals surface area contributed by atoms with Crippen molar-refractivity contribution in [2.45, 2.75) is 45.8 Å². The third-order valence-corrected chi connectivity index (χ3v) is 3.63. The maximum atomic E-state index is 13.3. The van der Waals surface area contributed by atoms with Crippen molar-refractivity contribution in [2.24, 2.45) is 0 Å². The van der Waals surface area contributed by atoms with Gasteiger partial charge in [0.25, 0.3) is 0 Å². The number of halogens is 2. The second kappa shape index (κ2) is 6.02. The maximum absolute atomic E-state index is 13.3. The van der Waals surface area contributed by atoms with Gasteiger partial charge in [-0.3, -0.25) is 0 Å². The van der Waals surface area contributed by atoms with Gasteiger partial charge in [-0.1, -0.05) is 0 Å². The summed E-state index contributed by atoms with van der Waals surface area (Å²) in [5.74, 6) is -0.233. The number of benzene rings is 1. The molecule has 1 atom stereocenters. The molecule has 0 aliphatic rings. The lowest BCUT2D eigenvalue weighted by atomic mass is 9.99. The molecule has 0 bridgehead atoms. The predicted molar refractivity (Wildman–Crippen MR) is 77.6 cm³/mol. The Morgan fingerprint density at radius 3 is 2.61 bits per heavy atom. The number of hydrogen-bond acceptors (Lipinski definition) is 2. The van der Waals surface area contributed by atoms with E-state index in [9.17, 15) is 4.39 Å². The molecule has 0 spiro atoms.